The summed E-state index contributed by atoms with van der Waals surface area (Å²) in [7, 11) is 3.82. The number of hydrogen-bond donors (Lipinski definition) is 1. The van der Waals surface area contributed by atoms with Gasteiger partial charge >= 0.3 is 0 Å². The molecule has 1 N–H and O–H groups in total. The van der Waals surface area contributed by atoms with Crippen LogP contribution in [0.2, 0.25) is 10.0 Å². The molecule has 2 atom stereocenters. The van der Waals surface area contributed by atoms with E-state index in [1.807, 2.05) is 74.2 Å². The summed E-state index contributed by atoms with van der Waals surface area (Å²) in [4.78, 5) is 17.6. The SMILES string of the molecule is Cn1cncc1C1(c2ccc3c(c2)c(-c2cccc(Cl)c2)cc(=O)n3C)N[C@@H](c2ccccc2)c2cc1ccc2Cl. The Morgan fingerprint density at radius 1 is 0.854 bits per heavy atom. The van der Waals surface area contributed by atoms with Crippen LogP contribution >= 0.6 is 23.2 Å². The van der Waals surface area contributed by atoms with Crippen LogP contribution in [-0.4, -0.2) is 14.1 Å². The maximum atomic E-state index is 13.0. The van der Waals surface area contributed by atoms with Crippen molar-refractivity contribution >= 4 is 34.1 Å². The van der Waals surface area contributed by atoms with Crippen molar-refractivity contribution in [1.82, 2.24) is 19.4 Å². The van der Waals surface area contributed by atoms with Gasteiger partial charge in [0.05, 0.1) is 29.8 Å². The van der Waals surface area contributed by atoms with Gasteiger partial charge < -0.3 is 9.13 Å². The van der Waals surface area contributed by atoms with E-state index in [4.69, 9.17) is 23.2 Å². The molecule has 0 amide bonds. The number of imidazole rings is 1. The normalized spacial score (nSPS) is 18.1. The zero-order valence-corrected chi connectivity index (χ0v) is 24.0. The Morgan fingerprint density at radius 3 is 2.39 bits per heavy atom. The van der Waals surface area contributed by atoms with Crippen molar-refractivity contribution in [3.8, 4) is 11.1 Å². The lowest BCUT2D eigenvalue weighted by molar-refractivity contribution is 0.397. The van der Waals surface area contributed by atoms with E-state index in [0.717, 1.165) is 50.0 Å². The largest absolute Gasteiger partial charge is 0.335 e. The van der Waals surface area contributed by atoms with Crippen molar-refractivity contribution in [3.63, 3.8) is 0 Å². The highest BCUT2D eigenvalue weighted by Crippen LogP contribution is 2.47. The Kier molecular flexibility index (Phi) is 6.12. The van der Waals surface area contributed by atoms with E-state index in [0.29, 0.717) is 10.0 Å². The summed E-state index contributed by atoms with van der Waals surface area (Å²) in [6, 6.07) is 32.1. The van der Waals surface area contributed by atoms with Gasteiger partial charge in [0.15, 0.2) is 0 Å². The van der Waals surface area contributed by atoms with E-state index in [1.165, 1.54) is 0 Å². The van der Waals surface area contributed by atoms with E-state index in [1.54, 1.807) is 17.7 Å². The van der Waals surface area contributed by atoms with E-state index >= 15 is 0 Å². The molecule has 0 saturated heterocycles. The first-order chi connectivity index (χ1) is 19.9. The average molecular weight is 578 g/mol. The molecular weight excluding hydrogens is 551 g/mol. The highest BCUT2D eigenvalue weighted by molar-refractivity contribution is 6.31. The topological polar surface area (TPSA) is 51.9 Å². The average Bonchev–Trinajstić information content (AvgIpc) is 3.43. The second kappa shape index (κ2) is 9.74. The summed E-state index contributed by atoms with van der Waals surface area (Å²) in [5.74, 6) is 0. The van der Waals surface area contributed by atoms with Crippen molar-refractivity contribution in [3.05, 3.63) is 158 Å². The van der Waals surface area contributed by atoms with Crippen LogP contribution < -0.4 is 10.9 Å². The Bertz CT molecular complexity index is 2010. The second-order valence-corrected chi connectivity index (χ2v) is 11.4. The number of hydrogen-bond acceptors (Lipinski definition) is 3. The molecule has 6 aromatic rings. The molecule has 0 spiro atoms. The highest BCUT2D eigenvalue weighted by atomic mass is 35.5. The minimum absolute atomic E-state index is 0.0798. The molecule has 5 nitrogen and oxygen atoms in total. The predicted octanol–water partition coefficient (Wildman–Crippen LogP) is 7.23. The van der Waals surface area contributed by atoms with Gasteiger partial charge in [0.2, 0.25) is 0 Å². The van der Waals surface area contributed by atoms with Crippen molar-refractivity contribution in [2.75, 3.05) is 0 Å². The first-order valence-corrected chi connectivity index (χ1v) is 14.1. The van der Waals surface area contributed by atoms with Crippen molar-refractivity contribution in [1.29, 1.82) is 0 Å². The van der Waals surface area contributed by atoms with Gasteiger partial charge in [0.1, 0.15) is 5.54 Å². The molecule has 41 heavy (non-hydrogen) atoms. The lowest BCUT2D eigenvalue weighted by atomic mass is 9.74. The minimum atomic E-state index is -0.766. The number of nitrogens with zero attached hydrogens (tertiary/aromatic N) is 3. The fourth-order valence-corrected chi connectivity index (χ4v) is 6.63. The van der Waals surface area contributed by atoms with Gasteiger partial charge in [-0.2, -0.15) is 0 Å². The molecule has 3 heterocycles. The summed E-state index contributed by atoms with van der Waals surface area (Å²) < 4.78 is 3.74. The van der Waals surface area contributed by atoms with Gasteiger partial charge in [0, 0.05) is 35.6 Å². The van der Waals surface area contributed by atoms with Crippen molar-refractivity contribution in [2.24, 2.45) is 14.1 Å². The summed E-state index contributed by atoms with van der Waals surface area (Å²) in [5.41, 5.74) is 6.91. The van der Waals surface area contributed by atoms with Gasteiger partial charge in [-0.05, 0) is 69.8 Å². The van der Waals surface area contributed by atoms with E-state index in [-0.39, 0.29) is 11.6 Å². The third kappa shape index (κ3) is 4.04. The molecule has 1 aliphatic rings. The molecule has 2 bridgehead atoms. The Morgan fingerprint density at radius 2 is 1.63 bits per heavy atom. The minimum Gasteiger partial charge on any atom is -0.335 e. The first kappa shape index (κ1) is 25.8. The van der Waals surface area contributed by atoms with E-state index in [9.17, 15) is 4.79 Å². The zero-order chi connectivity index (χ0) is 28.3. The van der Waals surface area contributed by atoms with Crippen LogP contribution in [0.4, 0.5) is 0 Å². The van der Waals surface area contributed by atoms with Gasteiger partial charge in [0.25, 0.3) is 5.56 Å². The Balaban J connectivity index is 1.56. The smallest absolute Gasteiger partial charge is 0.251 e. The molecule has 0 radical (unpaired) electrons. The fraction of sp³-hybridized carbons (Fsp3) is 0.118. The molecule has 7 rings (SSSR count). The quantitative estimate of drug-likeness (QED) is 0.241. The lowest BCUT2D eigenvalue weighted by Crippen LogP contribution is -2.50. The van der Waals surface area contributed by atoms with Crippen molar-refractivity contribution in [2.45, 2.75) is 11.6 Å². The summed E-state index contributed by atoms with van der Waals surface area (Å²) in [5, 5.41) is 6.30. The lowest BCUT2D eigenvalue weighted by Gasteiger charge is -2.44. The van der Waals surface area contributed by atoms with Gasteiger partial charge in [-0.15, -0.1) is 0 Å². The Labute approximate surface area is 247 Å². The number of rotatable bonds is 4. The van der Waals surface area contributed by atoms with Crippen LogP contribution in [0.3, 0.4) is 0 Å². The number of nitrogens with one attached hydrogen (secondary N) is 1. The van der Waals surface area contributed by atoms with Crippen LogP contribution in [0.5, 0.6) is 0 Å². The van der Waals surface area contributed by atoms with Crippen LogP contribution in [0.1, 0.15) is 34.0 Å². The monoisotopic (exact) mass is 576 g/mol. The summed E-state index contributed by atoms with van der Waals surface area (Å²) in [6.45, 7) is 0. The third-order valence-electron chi connectivity index (χ3n) is 8.25. The van der Waals surface area contributed by atoms with Gasteiger partial charge in [-0.1, -0.05) is 77.8 Å². The maximum absolute atomic E-state index is 13.0. The van der Waals surface area contributed by atoms with Crippen LogP contribution in [0.15, 0.2) is 114 Å². The van der Waals surface area contributed by atoms with Crippen LogP contribution in [0, 0.1) is 0 Å². The molecule has 4 aromatic carbocycles. The number of benzene rings is 4. The molecule has 2 aromatic heterocycles. The highest BCUT2D eigenvalue weighted by Gasteiger charge is 2.45. The summed E-state index contributed by atoms with van der Waals surface area (Å²) in [6.07, 6.45) is 3.74. The first-order valence-electron chi connectivity index (χ1n) is 13.4. The third-order valence-corrected chi connectivity index (χ3v) is 8.83. The predicted molar refractivity (Wildman–Crippen MR) is 166 cm³/mol. The van der Waals surface area contributed by atoms with Crippen molar-refractivity contribution < 1.29 is 0 Å². The maximum Gasteiger partial charge on any atom is 0.251 e. The number of aromatic nitrogens is 3. The second-order valence-electron chi connectivity index (χ2n) is 10.6. The zero-order valence-electron chi connectivity index (χ0n) is 22.5. The number of aryl methyl sites for hydroxylation is 2. The number of pyridine rings is 1. The number of fused-ring (bicyclic) bond motifs is 3. The standard InChI is InChI=1S/C34H26Cl2N4O/c1-39-20-37-19-31(39)34(23-11-13-29(36)28(17-23)33(38-34)21-7-4-3-5-8-21)24-12-14-30-27(16-24)26(18-32(41)40(30)2)22-9-6-10-25(35)15-22/h3-20,33,38H,1-2H3/t33-,34?/m0/s1. The van der Waals surface area contributed by atoms with E-state index in [2.05, 4.69) is 51.3 Å². The fourth-order valence-electron chi connectivity index (χ4n) is 6.21. The molecule has 7 heteroatoms. The van der Waals surface area contributed by atoms with Crippen LogP contribution in [-0.2, 0) is 19.6 Å². The molecule has 0 fully saturated rings. The Hall–Kier alpha value is -4.16. The summed E-state index contributed by atoms with van der Waals surface area (Å²) >= 11 is 13.2. The molecule has 1 aliphatic heterocycles. The molecule has 0 saturated carbocycles. The van der Waals surface area contributed by atoms with Crippen LogP contribution in [0.25, 0.3) is 22.0 Å². The van der Waals surface area contributed by atoms with Gasteiger partial charge in [-0.25, -0.2) is 4.98 Å². The molecule has 1 unspecified atom stereocenters. The van der Waals surface area contributed by atoms with E-state index < -0.39 is 5.54 Å². The molecule has 202 valence electrons. The molecular formula is C34H26Cl2N4O. The number of halogens is 2. The van der Waals surface area contributed by atoms with Gasteiger partial charge in [-0.3, -0.25) is 10.1 Å². The molecule has 0 aliphatic carbocycles.